The van der Waals surface area contributed by atoms with E-state index in [1.165, 1.54) is 58.5 Å². The molecule has 3 fully saturated rings. The molecule has 0 N–H and O–H groups in total. The molecule has 0 aromatic heterocycles. The molecule has 0 saturated heterocycles. The normalized spacial score (nSPS) is 38.9. The molecule has 0 spiro atoms. The zero-order chi connectivity index (χ0) is 28.6. The van der Waals surface area contributed by atoms with Gasteiger partial charge < -0.3 is 4.48 Å². The Morgan fingerprint density at radius 1 is 1.03 bits per heavy atom. The monoisotopic (exact) mass is 566 g/mol. The molecule has 4 rings (SSSR count). The first kappa shape index (κ1) is 31.7. The van der Waals surface area contributed by atoms with Gasteiger partial charge in [-0.2, -0.15) is 0 Å². The molecule has 39 heavy (non-hydrogen) atoms. The molecule has 6 heteroatoms. The van der Waals surface area contributed by atoms with Crippen molar-refractivity contribution in [2.24, 2.45) is 46.3 Å². The standard InChI is InChI=1S/C33H61NO4P/c1-24(2)11-10-12-25(3)29-15-16-30-28-14-13-26-23-27(38-39(35,36-9)37-22-21-34(6,7)8)17-19-32(26,4)31(28)18-20-33(29,30)5/h13,24-25,27-31H,10-12,14-23H2,1-9H3/q+1. The van der Waals surface area contributed by atoms with Crippen LogP contribution in [0.3, 0.4) is 0 Å². The number of allylic oxidation sites excluding steroid dienone is 1. The van der Waals surface area contributed by atoms with Crippen molar-refractivity contribution in [3.05, 3.63) is 11.6 Å². The quantitative estimate of drug-likeness (QED) is 0.134. The maximum Gasteiger partial charge on any atom is 0.475 e. The van der Waals surface area contributed by atoms with Crippen LogP contribution >= 0.6 is 7.82 Å². The van der Waals surface area contributed by atoms with Crippen LogP contribution in [-0.2, 0) is 18.1 Å². The molecule has 0 radical (unpaired) electrons. The predicted octanol–water partition coefficient (Wildman–Crippen LogP) is 8.89. The lowest BCUT2D eigenvalue weighted by Crippen LogP contribution is -2.51. The van der Waals surface area contributed by atoms with Crippen molar-refractivity contribution in [1.82, 2.24) is 0 Å². The molecule has 0 amide bonds. The lowest BCUT2D eigenvalue weighted by molar-refractivity contribution is -0.870. The largest absolute Gasteiger partial charge is 0.475 e. The number of likely N-dealkylation sites (N-methyl/N-ethyl adjacent to an activating group) is 1. The Balaban J connectivity index is 1.40. The number of hydrogen-bond acceptors (Lipinski definition) is 4. The van der Waals surface area contributed by atoms with Crippen molar-refractivity contribution in [2.75, 3.05) is 41.4 Å². The van der Waals surface area contributed by atoms with E-state index >= 15 is 0 Å². The predicted molar refractivity (Wildman–Crippen MR) is 161 cm³/mol. The van der Waals surface area contributed by atoms with E-state index < -0.39 is 7.82 Å². The lowest BCUT2D eigenvalue weighted by Gasteiger charge is -2.58. The van der Waals surface area contributed by atoms with Crippen molar-refractivity contribution < 1.29 is 22.6 Å². The van der Waals surface area contributed by atoms with E-state index in [-0.39, 0.29) is 11.5 Å². The summed E-state index contributed by atoms with van der Waals surface area (Å²) in [6, 6.07) is 0. The average molecular weight is 567 g/mol. The summed E-state index contributed by atoms with van der Waals surface area (Å²) in [5.41, 5.74) is 2.33. The molecule has 9 unspecified atom stereocenters. The van der Waals surface area contributed by atoms with E-state index in [2.05, 4.69) is 61.8 Å². The fraction of sp³-hybridized carbons (Fsp3) is 0.939. The topological polar surface area (TPSA) is 44.8 Å². The fourth-order valence-electron chi connectivity index (χ4n) is 9.48. The Morgan fingerprint density at radius 3 is 2.44 bits per heavy atom. The van der Waals surface area contributed by atoms with Crippen LogP contribution in [0.2, 0.25) is 0 Å². The van der Waals surface area contributed by atoms with E-state index in [1.807, 2.05) is 0 Å². The number of quaternary nitrogens is 1. The summed E-state index contributed by atoms with van der Waals surface area (Å²) in [6.45, 7) is 13.6. The van der Waals surface area contributed by atoms with Gasteiger partial charge in [0.15, 0.2) is 0 Å². The first-order valence-corrected chi connectivity index (χ1v) is 17.7. The number of phosphoric ester groups is 1. The van der Waals surface area contributed by atoms with Crippen molar-refractivity contribution in [3.63, 3.8) is 0 Å². The van der Waals surface area contributed by atoms with Gasteiger partial charge in [-0.05, 0) is 97.7 Å². The van der Waals surface area contributed by atoms with Crippen LogP contribution < -0.4 is 0 Å². The Labute approximate surface area is 241 Å². The highest BCUT2D eigenvalue weighted by Crippen LogP contribution is 2.68. The molecule has 4 aliphatic rings. The molecule has 0 bridgehead atoms. The van der Waals surface area contributed by atoms with Crippen LogP contribution in [0.5, 0.6) is 0 Å². The van der Waals surface area contributed by atoms with Gasteiger partial charge in [-0.25, -0.2) is 4.57 Å². The third-order valence-electron chi connectivity index (χ3n) is 11.8. The van der Waals surface area contributed by atoms with E-state index in [9.17, 15) is 4.57 Å². The SMILES string of the molecule is COP(=O)(OCC[N+](C)(C)C)OC1CCC2(C)C(=CCC3C2CCC2(C)C(C(C)CCCC(C)C)CCC32)C1. The highest BCUT2D eigenvalue weighted by atomic mass is 31.2. The number of rotatable bonds is 12. The second-order valence-corrected chi connectivity index (χ2v) is 17.5. The number of nitrogens with zero attached hydrogens (tertiary/aromatic N) is 1. The molecule has 4 aliphatic carbocycles. The maximum absolute atomic E-state index is 13.3. The van der Waals surface area contributed by atoms with Crippen LogP contribution in [0, 0.1) is 46.3 Å². The van der Waals surface area contributed by atoms with Crippen LogP contribution in [0.15, 0.2) is 11.6 Å². The zero-order valence-corrected chi connectivity index (χ0v) is 27.7. The molecule has 0 aliphatic heterocycles. The molecule has 0 heterocycles. The molecule has 5 nitrogen and oxygen atoms in total. The minimum atomic E-state index is -3.54. The second kappa shape index (κ2) is 12.2. The van der Waals surface area contributed by atoms with E-state index in [0.29, 0.717) is 12.0 Å². The van der Waals surface area contributed by atoms with Crippen molar-refractivity contribution >= 4 is 7.82 Å². The second-order valence-electron chi connectivity index (χ2n) is 15.7. The van der Waals surface area contributed by atoms with E-state index in [1.54, 1.807) is 5.57 Å². The summed E-state index contributed by atoms with van der Waals surface area (Å²) in [7, 11) is 4.20. The van der Waals surface area contributed by atoms with Gasteiger partial charge in [0.1, 0.15) is 13.2 Å². The van der Waals surface area contributed by atoms with Gasteiger partial charge in [0.2, 0.25) is 0 Å². The first-order chi connectivity index (χ1) is 18.2. The van der Waals surface area contributed by atoms with E-state index in [4.69, 9.17) is 13.6 Å². The fourth-order valence-corrected chi connectivity index (χ4v) is 10.6. The third kappa shape index (κ3) is 6.90. The number of fused-ring (bicyclic) bond motifs is 5. The van der Waals surface area contributed by atoms with Gasteiger partial charge in [0.05, 0.1) is 27.2 Å². The highest BCUT2D eigenvalue weighted by molar-refractivity contribution is 7.48. The smallest absolute Gasteiger partial charge is 0.329 e. The average Bonchev–Trinajstić information content (AvgIpc) is 3.20. The summed E-state index contributed by atoms with van der Waals surface area (Å²) >= 11 is 0. The van der Waals surface area contributed by atoms with Gasteiger partial charge in [-0.15, -0.1) is 0 Å². The Hall–Kier alpha value is -0.190. The van der Waals surface area contributed by atoms with Crippen LogP contribution in [0.25, 0.3) is 0 Å². The summed E-state index contributed by atoms with van der Waals surface area (Å²) in [5, 5.41) is 0. The van der Waals surface area contributed by atoms with Gasteiger partial charge in [-0.1, -0.05) is 65.5 Å². The van der Waals surface area contributed by atoms with Gasteiger partial charge in [0.25, 0.3) is 0 Å². The van der Waals surface area contributed by atoms with Gasteiger partial charge in [-0.3, -0.25) is 13.6 Å². The molecule has 9 atom stereocenters. The third-order valence-corrected chi connectivity index (χ3v) is 13.3. The molecular weight excluding hydrogens is 505 g/mol. The zero-order valence-electron chi connectivity index (χ0n) is 26.8. The summed E-state index contributed by atoms with van der Waals surface area (Å²) in [4.78, 5) is 0. The summed E-state index contributed by atoms with van der Waals surface area (Å²) < 4.78 is 31.1. The highest BCUT2D eigenvalue weighted by Gasteiger charge is 2.59. The van der Waals surface area contributed by atoms with Gasteiger partial charge >= 0.3 is 7.82 Å². The molecule has 3 saturated carbocycles. The van der Waals surface area contributed by atoms with Gasteiger partial charge in [0, 0.05) is 7.11 Å². The van der Waals surface area contributed by atoms with Crippen molar-refractivity contribution in [3.8, 4) is 0 Å². The van der Waals surface area contributed by atoms with Crippen LogP contribution in [-0.4, -0.2) is 52.0 Å². The Bertz CT molecular complexity index is 912. The summed E-state index contributed by atoms with van der Waals surface area (Å²) in [5.74, 6) is 5.06. The summed E-state index contributed by atoms with van der Waals surface area (Å²) in [6.07, 6.45) is 16.5. The Kier molecular flexibility index (Phi) is 9.93. The number of phosphoric acid groups is 1. The lowest BCUT2D eigenvalue weighted by atomic mass is 9.47. The molecular formula is C33H61NO4P+. The van der Waals surface area contributed by atoms with Crippen LogP contribution in [0.4, 0.5) is 0 Å². The minimum absolute atomic E-state index is 0.0906. The number of hydrogen-bond donors (Lipinski definition) is 0. The van der Waals surface area contributed by atoms with Crippen LogP contribution in [0.1, 0.15) is 105 Å². The molecule has 0 aromatic rings. The molecule has 0 aromatic carbocycles. The Morgan fingerprint density at radius 2 is 1.77 bits per heavy atom. The first-order valence-electron chi connectivity index (χ1n) is 16.2. The maximum atomic E-state index is 13.3. The van der Waals surface area contributed by atoms with Crippen molar-refractivity contribution in [2.45, 2.75) is 111 Å². The van der Waals surface area contributed by atoms with E-state index in [0.717, 1.165) is 65.8 Å². The molecule has 226 valence electrons. The van der Waals surface area contributed by atoms with Crippen molar-refractivity contribution in [1.29, 1.82) is 0 Å². The minimum Gasteiger partial charge on any atom is -0.329 e.